The van der Waals surface area contributed by atoms with Crippen molar-refractivity contribution in [1.29, 1.82) is 0 Å². The smallest absolute Gasteiger partial charge is 0.249 e. The molecule has 1 saturated heterocycles. The van der Waals surface area contributed by atoms with Crippen molar-refractivity contribution in [2.45, 2.75) is 90.3 Å². The van der Waals surface area contributed by atoms with E-state index in [0.717, 1.165) is 32.0 Å². The van der Waals surface area contributed by atoms with Gasteiger partial charge in [-0.25, -0.2) is 0 Å². The Labute approximate surface area is 142 Å². The monoisotopic (exact) mass is 324 g/mol. The van der Waals surface area contributed by atoms with Crippen molar-refractivity contribution in [3.8, 4) is 0 Å². The average Bonchev–Trinajstić information content (AvgIpc) is 2.80. The normalized spacial score (nSPS) is 25.5. The fourth-order valence-corrected chi connectivity index (χ4v) is 3.73. The number of hydrogen-bond acceptors (Lipinski definition) is 3. The van der Waals surface area contributed by atoms with E-state index in [-0.39, 0.29) is 12.0 Å². The molecular weight excluding hydrogens is 288 g/mol. The highest BCUT2D eigenvalue weighted by Gasteiger charge is 2.30. The summed E-state index contributed by atoms with van der Waals surface area (Å²) in [6.45, 7) is 9.05. The Balaban J connectivity index is 1.68. The second-order valence-electron chi connectivity index (χ2n) is 7.83. The fraction of sp³-hybridized carbons (Fsp3) is 0.947. The van der Waals surface area contributed by atoms with Crippen LogP contribution in [0.15, 0.2) is 0 Å². The zero-order chi connectivity index (χ0) is 16.7. The lowest BCUT2D eigenvalue weighted by molar-refractivity contribution is -0.132. The van der Waals surface area contributed by atoms with E-state index in [1.807, 2.05) is 6.92 Å². The van der Waals surface area contributed by atoms with Crippen LogP contribution in [0, 0.1) is 5.92 Å². The quantitative estimate of drug-likeness (QED) is 0.730. The number of carbonyl (C=O) groups is 1. The molecule has 2 fully saturated rings. The third-order valence-electron chi connectivity index (χ3n) is 5.34. The summed E-state index contributed by atoms with van der Waals surface area (Å²) in [7, 11) is 0. The Hall–Kier alpha value is -0.610. The van der Waals surface area contributed by atoms with Crippen molar-refractivity contribution in [2.24, 2.45) is 5.92 Å². The largest absolute Gasteiger partial charge is 0.369 e. The van der Waals surface area contributed by atoms with Crippen LogP contribution in [0.3, 0.4) is 0 Å². The molecule has 134 valence electrons. The third kappa shape index (κ3) is 6.42. The molecule has 23 heavy (non-hydrogen) atoms. The fourth-order valence-electron chi connectivity index (χ4n) is 3.73. The van der Waals surface area contributed by atoms with E-state index >= 15 is 0 Å². The van der Waals surface area contributed by atoms with Gasteiger partial charge in [0.1, 0.15) is 6.10 Å². The maximum absolute atomic E-state index is 12.3. The molecule has 2 unspecified atom stereocenters. The molecule has 1 amide bonds. The van der Waals surface area contributed by atoms with Gasteiger partial charge in [0.15, 0.2) is 0 Å². The summed E-state index contributed by atoms with van der Waals surface area (Å²) < 4.78 is 5.66. The SMILES string of the molecule is CC(C)CCOC(C)C(=O)NC1CCN(C2CCCCCC2)C1. The molecular formula is C19H36N2O2. The molecule has 1 aliphatic heterocycles. The topological polar surface area (TPSA) is 41.6 Å². The first-order valence-corrected chi connectivity index (χ1v) is 9.72. The maximum atomic E-state index is 12.3. The van der Waals surface area contributed by atoms with E-state index in [1.54, 1.807) is 0 Å². The molecule has 4 nitrogen and oxygen atoms in total. The van der Waals surface area contributed by atoms with Crippen LogP contribution < -0.4 is 5.32 Å². The lowest BCUT2D eigenvalue weighted by Crippen LogP contribution is -2.44. The summed E-state index contributed by atoms with van der Waals surface area (Å²) >= 11 is 0. The summed E-state index contributed by atoms with van der Waals surface area (Å²) in [5.74, 6) is 0.676. The van der Waals surface area contributed by atoms with Crippen molar-refractivity contribution in [3.63, 3.8) is 0 Å². The van der Waals surface area contributed by atoms with E-state index in [4.69, 9.17) is 4.74 Å². The van der Waals surface area contributed by atoms with Crippen molar-refractivity contribution in [1.82, 2.24) is 10.2 Å². The van der Waals surface area contributed by atoms with Gasteiger partial charge in [0.05, 0.1) is 0 Å². The molecule has 1 aliphatic carbocycles. The Bertz CT molecular complexity index is 351. The first kappa shape index (κ1) is 18.7. The van der Waals surface area contributed by atoms with Crippen LogP contribution in [0.1, 0.15) is 72.1 Å². The number of nitrogens with zero attached hydrogens (tertiary/aromatic N) is 1. The Morgan fingerprint density at radius 3 is 2.48 bits per heavy atom. The molecule has 2 rings (SSSR count). The molecule has 1 saturated carbocycles. The minimum absolute atomic E-state index is 0.0569. The zero-order valence-electron chi connectivity index (χ0n) is 15.4. The lowest BCUT2D eigenvalue weighted by atomic mass is 10.1. The number of hydrogen-bond donors (Lipinski definition) is 1. The van der Waals surface area contributed by atoms with E-state index < -0.39 is 0 Å². The summed E-state index contributed by atoms with van der Waals surface area (Å²) in [4.78, 5) is 14.9. The van der Waals surface area contributed by atoms with Crippen LogP contribution >= 0.6 is 0 Å². The summed E-state index contributed by atoms with van der Waals surface area (Å²) in [6.07, 6.45) is 9.99. The molecule has 2 atom stereocenters. The van der Waals surface area contributed by atoms with Crippen LogP contribution in [0.2, 0.25) is 0 Å². The van der Waals surface area contributed by atoms with Gasteiger partial charge in [0, 0.05) is 31.8 Å². The second kappa shape index (κ2) is 9.63. The van der Waals surface area contributed by atoms with E-state index in [0.29, 0.717) is 18.6 Å². The van der Waals surface area contributed by atoms with Gasteiger partial charge in [-0.2, -0.15) is 0 Å². The van der Waals surface area contributed by atoms with Gasteiger partial charge in [0.25, 0.3) is 0 Å². The Morgan fingerprint density at radius 1 is 1.13 bits per heavy atom. The van der Waals surface area contributed by atoms with Crippen molar-refractivity contribution in [3.05, 3.63) is 0 Å². The summed E-state index contributed by atoms with van der Waals surface area (Å²) in [5, 5.41) is 3.20. The highest BCUT2D eigenvalue weighted by atomic mass is 16.5. The minimum Gasteiger partial charge on any atom is -0.369 e. The minimum atomic E-state index is -0.333. The molecule has 0 aromatic rings. The van der Waals surface area contributed by atoms with Gasteiger partial charge in [-0.15, -0.1) is 0 Å². The third-order valence-corrected chi connectivity index (χ3v) is 5.34. The van der Waals surface area contributed by atoms with Crippen molar-refractivity contribution >= 4 is 5.91 Å². The van der Waals surface area contributed by atoms with Crippen LogP contribution in [0.25, 0.3) is 0 Å². The van der Waals surface area contributed by atoms with E-state index in [2.05, 4.69) is 24.1 Å². The molecule has 0 radical (unpaired) electrons. The number of nitrogens with one attached hydrogen (secondary N) is 1. The Morgan fingerprint density at radius 2 is 1.83 bits per heavy atom. The number of carbonyl (C=O) groups excluding carboxylic acids is 1. The molecule has 1 N–H and O–H groups in total. The van der Waals surface area contributed by atoms with Crippen molar-refractivity contribution in [2.75, 3.05) is 19.7 Å². The van der Waals surface area contributed by atoms with E-state index in [1.165, 1.54) is 38.5 Å². The second-order valence-corrected chi connectivity index (χ2v) is 7.83. The van der Waals surface area contributed by atoms with Crippen LogP contribution in [-0.4, -0.2) is 48.7 Å². The number of likely N-dealkylation sites (tertiary alicyclic amines) is 1. The van der Waals surface area contributed by atoms with Gasteiger partial charge in [0.2, 0.25) is 5.91 Å². The molecule has 4 heteroatoms. The number of ether oxygens (including phenoxy) is 1. The highest BCUT2D eigenvalue weighted by molar-refractivity contribution is 5.80. The van der Waals surface area contributed by atoms with Crippen LogP contribution in [0.5, 0.6) is 0 Å². The summed E-state index contributed by atoms with van der Waals surface area (Å²) in [5.41, 5.74) is 0. The first-order valence-electron chi connectivity index (χ1n) is 9.72. The molecule has 0 bridgehead atoms. The van der Waals surface area contributed by atoms with Gasteiger partial charge < -0.3 is 10.1 Å². The number of amides is 1. The predicted molar refractivity (Wildman–Crippen MR) is 94.5 cm³/mol. The molecule has 0 aromatic carbocycles. The predicted octanol–water partition coefficient (Wildman–Crippen LogP) is 3.35. The molecule has 0 spiro atoms. The van der Waals surface area contributed by atoms with Gasteiger partial charge in [-0.3, -0.25) is 9.69 Å². The van der Waals surface area contributed by atoms with Crippen LogP contribution in [-0.2, 0) is 9.53 Å². The molecule has 1 heterocycles. The zero-order valence-corrected chi connectivity index (χ0v) is 15.4. The highest BCUT2D eigenvalue weighted by Crippen LogP contribution is 2.25. The van der Waals surface area contributed by atoms with Gasteiger partial charge >= 0.3 is 0 Å². The van der Waals surface area contributed by atoms with Crippen molar-refractivity contribution < 1.29 is 9.53 Å². The van der Waals surface area contributed by atoms with Gasteiger partial charge in [-0.05, 0) is 38.5 Å². The maximum Gasteiger partial charge on any atom is 0.249 e. The first-order chi connectivity index (χ1) is 11.1. The van der Waals surface area contributed by atoms with Crippen LogP contribution in [0.4, 0.5) is 0 Å². The molecule has 2 aliphatic rings. The van der Waals surface area contributed by atoms with E-state index in [9.17, 15) is 4.79 Å². The summed E-state index contributed by atoms with van der Waals surface area (Å²) in [6, 6.07) is 1.06. The van der Waals surface area contributed by atoms with Gasteiger partial charge in [-0.1, -0.05) is 39.5 Å². The Kier molecular flexibility index (Phi) is 7.84. The average molecular weight is 325 g/mol. The standard InChI is InChI=1S/C19H36N2O2/c1-15(2)11-13-23-16(3)19(22)20-17-10-12-21(14-17)18-8-6-4-5-7-9-18/h15-18H,4-14H2,1-3H3,(H,20,22). The molecule has 0 aromatic heterocycles. The lowest BCUT2D eigenvalue weighted by Gasteiger charge is -2.27. The number of rotatable bonds is 7.